The van der Waals surface area contributed by atoms with Crippen molar-refractivity contribution in [3.8, 4) is 0 Å². The van der Waals surface area contributed by atoms with Crippen molar-refractivity contribution in [2.75, 3.05) is 5.32 Å². The van der Waals surface area contributed by atoms with Crippen LogP contribution in [0.15, 0.2) is 54.9 Å². The second-order valence-corrected chi connectivity index (χ2v) is 3.75. The molecule has 0 radical (unpaired) electrons. The van der Waals surface area contributed by atoms with E-state index in [2.05, 4.69) is 41.5 Å². The van der Waals surface area contributed by atoms with Gasteiger partial charge in [-0.15, -0.1) is 0 Å². The van der Waals surface area contributed by atoms with Crippen LogP contribution in [0.5, 0.6) is 0 Å². The Hall–Kier alpha value is -1.83. The van der Waals surface area contributed by atoms with Gasteiger partial charge in [-0.1, -0.05) is 25.1 Å². The molecule has 0 aliphatic heterocycles. The summed E-state index contributed by atoms with van der Waals surface area (Å²) in [5.74, 6) is 0. The quantitative estimate of drug-likeness (QED) is 0.836. The molecule has 2 nitrogen and oxygen atoms in total. The van der Waals surface area contributed by atoms with E-state index in [1.807, 2.05) is 30.6 Å². The van der Waals surface area contributed by atoms with E-state index >= 15 is 0 Å². The molecule has 1 heterocycles. The molecule has 82 valence electrons. The number of hydrogen-bond donors (Lipinski definition) is 1. The van der Waals surface area contributed by atoms with Crippen LogP contribution in [-0.4, -0.2) is 4.98 Å². The largest absolute Gasteiger partial charge is 0.378 e. The van der Waals surface area contributed by atoms with Crippen LogP contribution in [-0.2, 0) is 0 Å². The summed E-state index contributed by atoms with van der Waals surface area (Å²) in [6.45, 7) is 2.18. The molecule has 0 aliphatic carbocycles. The first-order chi connectivity index (χ1) is 7.90. The van der Waals surface area contributed by atoms with Crippen LogP contribution in [0.1, 0.15) is 24.9 Å². The Bertz CT molecular complexity index is 411. The highest BCUT2D eigenvalue weighted by molar-refractivity contribution is 5.44. The number of pyridine rings is 1. The maximum atomic E-state index is 4.04. The van der Waals surface area contributed by atoms with Gasteiger partial charge in [-0.3, -0.25) is 4.98 Å². The summed E-state index contributed by atoms with van der Waals surface area (Å²) in [5, 5.41) is 3.52. The summed E-state index contributed by atoms with van der Waals surface area (Å²) in [4.78, 5) is 4.04. The number of rotatable bonds is 4. The Morgan fingerprint density at radius 2 is 1.75 bits per heavy atom. The van der Waals surface area contributed by atoms with Crippen molar-refractivity contribution in [2.24, 2.45) is 0 Å². The fraction of sp³-hybridized carbons (Fsp3) is 0.214. The zero-order valence-electron chi connectivity index (χ0n) is 9.43. The van der Waals surface area contributed by atoms with Crippen molar-refractivity contribution in [3.63, 3.8) is 0 Å². The van der Waals surface area contributed by atoms with Crippen LogP contribution in [0.3, 0.4) is 0 Å². The van der Waals surface area contributed by atoms with Gasteiger partial charge in [0.2, 0.25) is 0 Å². The van der Waals surface area contributed by atoms with Crippen LogP contribution < -0.4 is 5.32 Å². The molecule has 0 aliphatic rings. The summed E-state index contributed by atoms with van der Waals surface area (Å²) >= 11 is 0. The van der Waals surface area contributed by atoms with Gasteiger partial charge in [0.05, 0.1) is 6.04 Å². The fourth-order valence-corrected chi connectivity index (χ4v) is 1.75. The Balaban J connectivity index is 2.13. The maximum absolute atomic E-state index is 4.04. The molecule has 1 aromatic heterocycles. The lowest BCUT2D eigenvalue weighted by Gasteiger charge is -2.18. The van der Waals surface area contributed by atoms with E-state index < -0.39 is 0 Å². The molecule has 1 N–H and O–H groups in total. The molecule has 0 bridgehead atoms. The standard InChI is InChI=1S/C14H16N2/c1-2-14(12-8-10-15-11-9-12)16-13-6-4-3-5-7-13/h3-11,14,16H,2H2,1H3. The summed E-state index contributed by atoms with van der Waals surface area (Å²) in [6, 6.07) is 14.8. The second-order valence-electron chi connectivity index (χ2n) is 3.75. The Morgan fingerprint density at radius 3 is 2.38 bits per heavy atom. The molecule has 0 saturated carbocycles. The number of para-hydroxylation sites is 1. The average Bonchev–Trinajstić information content (AvgIpc) is 2.38. The molecule has 16 heavy (non-hydrogen) atoms. The number of anilines is 1. The minimum absolute atomic E-state index is 0.352. The number of nitrogens with one attached hydrogen (secondary N) is 1. The number of benzene rings is 1. The average molecular weight is 212 g/mol. The van der Waals surface area contributed by atoms with Gasteiger partial charge in [0.1, 0.15) is 0 Å². The van der Waals surface area contributed by atoms with Crippen molar-refractivity contribution >= 4 is 5.69 Å². The second kappa shape index (κ2) is 5.31. The highest BCUT2D eigenvalue weighted by atomic mass is 14.9. The maximum Gasteiger partial charge on any atom is 0.0512 e. The van der Waals surface area contributed by atoms with Crippen molar-refractivity contribution in [1.29, 1.82) is 0 Å². The lowest BCUT2D eigenvalue weighted by molar-refractivity contribution is 0.748. The first kappa shape index (κ1) is 10.7. The zero-order valence-corrected chi connectivity index (χ0v) is 9.43. The van der Waals surface area contributed by atoms with E-state index in [0.717, 1.165) is 12.1 Å². The summed E-state index contributed by atoms with van der Waals surface area (Å²) in [7, 11) is 0. The van der Waals surface area contributed by atoms with E-state index in [0.29, 0.717) is 6.04 Å². The van der Waals surface area contributed by atoms with E-state index in [-0.39, 0.29) is 0 Å². The van der Waals surface area contributed by atoms with Gasteiger partial charge in [0.25, 0.3) is 0 Å². The summed E-state index contributed by atoms with van der Waals surface area (Å²) in [5.41, 5.74) is 2.44. The van der Waals surface area contributed by atoms with Gasteiger partial charge in [-0.2, -0.15) is 0 Å². The van der Waals surface area contributed by atoms with Gasteiger partial charge in [-0.05, 0) is 36.2 Å². The molecule has 2 aromatic rings. The zero-order chi connectivity index (χ0) is 11.2. The van der Waals surface area contributed by atoms with Gasteiger partial charge in [0, 0.05) is 18.1 Å². The third-order valence-electron chi connectivity index (χ3n) is 2.63. The van der Waals surface area contributed by atoms with E-state index in [1.165, 1.54) is 5.56 Å². The van der Waals surface area contributed by atoms with Gasteiger partial charge < -0.3 is 5.32 Å². The van der Waals surface area contributed by atoms with Crippen LogP contribution >= 0.6 is 0 Å². The molecule has 2 rings (SSSR count). The van der Waals surface area contributed by atoms with E-state index in [9.17, 15) is 0 Å². The summed E-state index contributed by atoms with van der Waals surface area (Å²) in [6.07, 6.45) is 4.73. The Kier molecular flexibility index (Phi) is 3.54. The predicted molar refractivity (Wildman–Crippen MR) is 67.3 cm³/mol. The minimum atomic E-state index is 0.352. The topological polar surface area (TPSA) is 24.9 Å². The molecule has 1 atom stereocenters. The van der Waals surface area contributed by atoms with Crippen LogP contribution in [0.4, 0.5) is 5.69 Å². The first-order valence-electron chi connectivity index (χ1n) is 5.61. The third-order valence-corrected chi connectivity index (χ3v) is 2.63. The molecule has 0 saturated heterocycles. The lowest BCUT2D eigenvalue weighted by atomic mass is 10.1. The normalized spacial score (nSPS) is 12.1. The monoisotopic (exact) mass is 212 g/mol. The molecule has 1 aromatic carbocycles. The number of aromatic nitrogens is 1. The lowest BCUT2D eigenvalue weighted by Crippen LogP contribution is -2.09. The van der Waals surface area contributed by atoms with Gasteiger partial charge in [0.15, 0.2) is 0 Å². The third kappa shape index (κ3) is 2.60. The van der Waals surface area contributed by atoms with Crippen molar-refractivity contribution < 1.29 is 0 Å². The van der Waals surface area contributed by atoms with Gasteiger partial charge in [-0.25, -0.2) is 0 Å². The SMILES string of the molecule is CCC(Nc1ccccc1)c1ccncc1. The van der Waals surface area contributed by atoms with Crippen LogP contribution in [0.25, 0.3) is 0 Å². The molecule has 1 unspecified atom stereocenters. The summed E-state index contributed by atoms with van der Waals surface area (Å²) < 4.78 is 0. The molecule has 0 spiro atoms. The number of nitrogens with zero attached hydrogens (tertiary/aromatic N) is 1. The Morgan fingerprint density at radius 1 is 1.06 bits per heavy atom. The predicted octanol–water partition coefficient (Wildman–Crippen LogP) is 3.64. The first-order valence-corrected chi connectivity index (χ1v) is 5.61. The highest BCUT2D eigenvalue weighted by Crippen LogP contribution is 2.21. The van der Waals surface area contributed by atoms with Gasteiger partial charge >= 0.3 is 0 Å². The Labute approximate surface area is 96.4 Å². The molecule has 2 heteroatoms. The minimum Gasteiger partial charge on any atom is -0.378 e. The van der Waals surface area contributed by atoms with Crippen LogP contribution in [0.2, 0.25) is 0 Å². The van der Waals surface area contributed by atoms with Crippen molar-refractivity contribution in [2.45, 2.75) is 19.4 Å². The molecular weight excluding hydrogens is 196 g/mol. The van der Waals surface area contributed by atoms with Crippen molar-refractivity contribution in [3.05, 3.63) is 60.4 Å². The van der Waals surface area contributed by atoms with Crippen molar-refractivity contribution in [1.82, 2.24) is 4.98 Å². The van der Waals surface area contributed by atoms with E-state index in [4.69, 9.17) is 0 Å². The van der Waals surface area contributed by atoms with E-state index in [1.54, 1.807) is 0 Å². The molecule has 0 fully saturated rings. The highest BCUT2D eigenvalue weighted by Gasteiger charge is 2.07. The van der Waals surface area contributed by atoms with Crippen LogP contribution in [0, 0.1) is 0 Å². The number of hydrogen-bond acceptors (Lipinski definition) is 2. The molecular formula is C14H16N2. The molecule has 0 amide bonds. The smallest absolute Gasteiger partial charge is 0.0512 e. The fourth-order valence-electron chi connectivity index (χ4n) is 1.75.